The second-order valence-electron chi connectivity index (χ2n) is 9.95. The average Bonchev–Trinajstić information content (AvgIpc) is 2.89. The number of carboxylic acids is 1. The highest BCUT2D eigenvalue weighted by Crippen LogP contribution is 2.39. The second-order valence-corrected chi connectivity index (χ2v) is 12.2. The Morgan fingerprint density at radius 3 is 2.51 bits per heavy atom. The second kappa shape index (κ2) is 12.4. The standard InChI is InChI=1S/C32H34O6S/c1-4-7-24(20-31(33)34)23-10-13-27(14-11-23)38-21-26-8-5-9-30-29(26)15-12-25-19-28(18-22(2)32(25)30)37-16-6-17-39(3,35)36/h5,8-11,13-14,18-19,24H,6,12,15-17,20-21H2,1-3H3,(H,33,34)/t24-/m0/s1. The third-order valence-electron chi connectivity index (χ3n) is 6.88. The van der Waals surface area contributed by atoms with Gasteiger partial charge in [-0.15, -0.1) is 5.92 Å². The van der Waals surface area contributed by atoms with E-state index in [9.17, 15) is 18.3 Å². The van der Waals surface area contributed by atoms with Gasteiger partial charge in [0.25, 0.3) is 0 Å². The molecule has 0 unspecified atom stereocenters. The van der Waals surface area contributed by atoms with Crippen molar-refractivity contribution in [3.8, 4) is 34.5 Å². The number of aryl methyl sites for hydroxylation is 2. The zero-order valence-electron chi connectivity index (χ0n) is 22.6. The van der Waals surface area contributed by atoms with Gasteiger partial charge in [-0.25, -0.2) is 8.42 Å². The normalized spacial score (nSPS) is 12.9. The van der Waals surface area contributed by atoms with Gasteiger partial charge in [0.15, 0.2) is 0 Å². The fourth-order valence-corrected chi connectivity index (χ4v) is 5.76. The van der Waals surface area contributed by atoms with Gasteiger partial charge in [-0.05, 0) is 96.3 Å². The Morgan fingerprint density at radius 1 is 1.05 bits per heavy atom. The minimum absolute atomic E-state index is 0.0328. The molecule has 7 heteroatoms. The maximum Gasteiger partial charge on any atom is 0.304 e. The van der Waals surface area contributed by atoms with Crippen LogP contribution in [0.4, 0.5) is 0 Å². The van der Waals surface area contributed by atoms with Crippen molar-refractivity contribution in [2.45, 2.75) is 52.1 Å². The van der Waals surface area contributed by atoms with Crippen molar-refractivity contribution in [1.82, 2.24) is 0 Å². The highest BCUT2D eigenvalue weighted by Gasteiger charge is 2.22. The van der Waals surface area contributed by atoms with Crippen LogP contribution in [0.1, 0.15) is 53.5 Å². The number of fused-ring (bicyclic) bond motifs is 3. The summed E-state index contributed by atoms with van der Waals surface area (Å²) in [6.07, 6.45) is 3.46. The first-order valence-electron chi connectivity index (χ1n) is 13.1. The summed E-state index contributed by atoms with van der Waals surface area (Å²) in [6.45, 7) is 4.61. The van der Waals surface area contributed by atoms with Crippen LogP contribution in [-0.2, 0) is 34.1 Å². The van der Waals surface area contributed by atoms with E-state index in [4.69, 9.17) is 9.47 Å². The van der Waals surface area contributed by atoms with Crippen LogP contribution in [0, 0.1) is 18.8 Å². The number of carbonyl (C=O) groups is 1. The van der Waals surface area contributed by atoms with Crippen LogP contribution in [-0.4, -0.2) is 38.1 Å². The van der Waals surface area contributed by atoms with E-state index in [0.717, 1.165) is 41.0 Å². The van der Waals surface area contributed by atoms with Gasteiger partial charge in [-0.2, -0.15) is 0 Å². The van der Waals surface area contributed by atoms with Crippen LogP contribution < -0.4 is 9.47 Å². The molecular weight excluding hydrogens is 512 g/mol. The molecule has 0 spiro atoms. The molecule has 0 saturated heterocycles. The predicted octanol–water partition coefficient (Wildman–Crippen LogP) is 5.73. The number of hydrogen-bond donors (Lipinski definition) is 1. The molecule has 0 radical (unpaired) electrons. The number of benzene rings is 3. The molecule has 0 aliphatic heterocycles. The Balaban J connectivity index is 1.46. The molecular formula is C32H34O6S. The van der Waals surface area contributed by atoms with Gasteiger partial charge in [0, 0.05) is 6.26 Å². The number of carboxylic acid groups (broad SMARTS) is 1. The van der Waals surface area contributed by atoms with Gasteiger partial charge in [0.1, 0.15) is 27.9 Å². The molecule has 0 heterocycles. The average molecular weight is 547 g/mol. The Morgan fingerprint density at radius 2 is 1.82 bits per heavy atom. The lowest BCUT2D eigenvalue weighted by atomic mass is 9.81. The molecule has 0 saturated carbocycles. The molecule has 0 aromatic heterocycles. The van der Waals surface area contributed by atoms with Gasteiger partial charge >= 0.3 is 5.97 Å². The number of ether oxygens (including phenoxy) is 2. The van der Waals surface area contributed by atoms with Crippen LogP contribution in [0.3, 0.4) is 0 Å². The van der Waals surface area contributed by atoms with E-state index < -0.39 is 15.8 Å². The van der Waals surface area contributed by atoms with Gasteiger partial charge in [0.2, 0.25) is 0 Å². The smallest absolute Gasteiger partial charge is 0.304 e. The topological polar surface area (TPSA) is 89.9 Å². The van der Waals surface area contributed by atoms with E-state index in [1.807, 2.05) is 30.3 Å². The zero-order valence-corrected chi connectivity index (χ0v) is 23.4. The summed E-state index contributed by atoms with van der Waals surface area (Å²) in [7, 11) is -2.99. The number of rotatable bonds is 11. The molecule has 1 atom stereocenters. The highest BCUT2D eigenvalue weighted by atomic mass is 32.2. The molecule has 1 N–H and O–H groups in total. The zero-order chi connectivity index (χ0) is 28.0. The fraction of sp³-hybridized carbons (Fsp3) is 0.344. The Bertz CT molecular complexity index is 1510. The van der Waals surface area contributed by atoms with E-state index in [-0.39, 0.29) is 18.1 Å². The Hall–Kier alpha value is -3.76. The number of sulfone groups is 1. The Kier molecular flexibility index (Phi) is 8.98. The van der Waals surface area contributed by atoms with Crippen molar-refractivity contribution < 1.29 is 27.8 Å². The summed E-state index contributed by atoms with van der Waals surface area (Å²) in [5.41, 5.74) is 8.10. The molecule has 3 aromatic carbocycles. The molecule has 3 aromatic rings. The maximum atomic E-state index is 11.4. The van der Waals surface area contributed by atoms with E-state index in [2.05, 4.69) is 43.0 Å². The molecule has 0 fully saturated rings. The third kappa shape index (κ3) is 7.42. The van der Waals surface area contributed by atoms with Gasteiger partial charge in [-0.3, -0.25) is 4.79 Å². The highest BCUT2D eigenvalue weighted by molar-refractivity contribution is 7.90. The van der Waals surface area contributed by atoms with Crippen molar-refractivity contribution in [3.63, 3.8) is 0 Å². The third-order valence-corrected chi connectivity index (χ3v) is 7.91. The molecule has 6 nitrogen and oxygen atoms in total. The van der Waals surface area contributed by atoms with Gasteiger partial charge in [-0.1, -0.05) is 36.3 Å². The van der Waals surface area contributed by atoms with Crippen molar-refractivity contribution in [1.29, 1.82) is 0 Å². The summed E-state index contributed by atoms with van der Waals surface area (Å²) in [6, 6.07) is 17.9. The summed E-state index contributed by atoms with van der Waals surface area (Å²) in [5.74, 6) is 6.20. The van der Waals surface area contributed by atoms with Crippen LogP contribution in [0.25, 0.3) is 11.1 Å². The first-order chi connectivity index (χ1) is 18.6. The molecule has 39 heavy (non-hydrogen) atoms. The fourth-order valence-electron chi connectivity index (χ4n) is 5.12. The monoisotopic (exact) mass is 546 g/mol. The maximum absolute atomic E-state index is 11.4. The van der Waals surface area contributed by atoms with Gasteiger partial charge < -0.3 is 14.6 Å². The summed E-state index contributed by atoms with van der Waals surface area (Å²) in [4.78, 5) is 11.2. The van der Waals surface area contributed by atoms with Crippen LogP contribution in [0.2, 0.25) is 0 Å². The molecule has 4 rings (SSSR count). The van der Waals surface area contributed by atoms with E-state index >= 15 is 0 Å². The largest absolute Gasteiger partial charge is 0.494 e. The van der Waals surface area contributed by atoms with Gasteiger partial charge in [0.05, 0.1) is 24.7 Å². The lowest BCUT2D eigenvalue weighted by Gasteiger charge is -2.25. The summed E-state index contributed by atoms with van der Waals surface area (Å²) < 4.78 is 34.7. The Labute approximate surface area is 230 Å². The van der Waals surface area contributed by atoms with Crippen LogP contribution in [0.15, 0.2) is 54.6 Å². The quantitative estimate of drug-likeness (QED) is 0.244. The number of aliphatic carboxylic acids is 1. The van der Waals surface area contributed by atoms with Crippen molar-refractivity contribution in [3.05, 3.63) is 82.4 Å². The molecule has 0 amide bonds. The number of hydrogen-bond acceptors (Lipinski definition) is 5. The van der Waals surface area contributed by atoms with Crippen molar-refractivity contribution in [2.75, 3.05) is 18.6 Å². The SMILES string of the molecule is CC#C[C@@H](CC(=O)O)c1ccc(OCc2cccc3c2CCc2cc(OCCCS(C)(=O)=O)cc(C)c2-3)cc1. The van der Waals surface area contributed by atoms with E-state index in [0.29, 0.717) is 19.6 Å². The first kappa shape index (κ1) is 28.3. The van der Waals surface area contributed by atoms with E-state index in [1.165, 1.54) is 28.5 Å². The van der Waals surface area contributed by atoms with Crippen LogP contribution in [0.5, 0.6) is 11.5 Å². The summed E-state index contributed by atoms with van der Waals surface area (Å²) >= 11 is 0. The predicted molar refractivity (Wildman–Crippen MR) is 153 cm³/mol. The lowest BCUT2D eigenvalue weighted by molar-refractivity contribution is -0.137. The van der Waals surface area contributed by atoms with Crippen molar-refractivity contribution >= 4 is 15.8 Å². The molecule has 1 aliphatic rings. The minimum atomic E-state index is -2.99. The first-order valence-corrected chi connectivity index (χ1v) is 15.1. The lowest BCUT2D eigenvalue weighted by Crippen LogP contribution is -2.11. The minimum Gasteiger partial charge on any atom is -0.494 e. The van der Waals surface area contributed by atoms with Crippen LogP contribution >= 0.6 is 0 Å². The summed E-state index contributed by atoms with van der Waals surface area (Å²) in [5, 5.41) is 9.18. The molecule has 1 aliphatic carbocycles. The molecule has 204 valence electrons. The van der Waals surface area contributed by atoms with Crippen molar-refractivity contribution in [2.24, 2.45) is 0 Å². The van der Waals surface area contributed by atoms with E-state index in [1.54, 1.807) is 6.92 Å². The molecule has 0 bridgehead atoms.